The molecule has 1 atom stereocenters. The average Bonchev–Trinajstić information content (AvgIpc) is 2.69. The first-order valence-corrected chi connectivity index (χ1v) is 4.22. The molecule has 2 nitrogen and oxygen atoms in total. The molecule has 10 heavy (non-hydrogen) atoms. The van der Waals surface area contributed by atoms with Crippen LogP contribution in [0.3, 0.4) is 0 Å². The Balaban J connectivity index is 2.13. The highest BCUT2D eigenvalue weighted by molar-refractivity contribution is 4.85. The summed E-state index contributed by atoms with van der Waals surface area (Å²) in [6.45, 7) is 3.47. The van der Waals surface area contributed by atoms with Gasteiger partial charge in [-0.1, -0.05) is 6.92 Å². The van der Waals surface area contributed by atoms with Crippen molar-refractivity contribution in [3.8, 4) is 0 Å². The maximum absolute atomic E-state index is 8.70. The van der Waals surface area contributed by atoms with Crippen LogP contribution in [0.15, 0.2) is 0 Å². The van der Waals surface area contributed by atoms with Crippen molar-refractivity contribution in [2.75, 3.05) is 13.2 Å². The Morgan fingerprint density at radius 1 is 1.60 bits per heavy atom. The van der Waals surface area contributed by atoms with Gasteiger partial charge in [-0.25, -0.2) is 0 Å². The minimum atomic E-state index is 0.328. The fourth-order valence-corrected chi connectivity index (χ4v) is 1.40. The Hall–Kier alpha value is -0.0800. The second-order valence-corrected chi connectivity index (χ2v) is 3.01. The van der Waals surface area contributed by atoms with E-state index in [0.29, 0.717) is 12.6 Å². The van der Waals surface area contributed by atoms with Gasteiger partial charge in [0.05, 0.1) is 0 Å². The predicted molar refractivity (Wildman–Crippen MR) is 41.9 cm³/mol. The van der Waals surface area contributed by atoms with E-state index in [2.05, 4.69) is 12.2 Å². The van der Waals surface area contributed by atoms with Crippen LogP contribution in [0.25, 0.3) is 0 Å². The lowest BCUT2D eigenvalue weighted by Gasteiger charge is -2.14. The molecule has 0 saturated heterocycles. The number of aliphatic hydroxyl groups is 1. The first kappa shape index (κ1) is 8.02. The molecule has 1 fully saturated rings. The molecular formula is C8H17NO. The number of nitrogens with one attached hydrogen (secondary N) is 1. The van der Waals surface area contributed by atoms with E-state index in [1.165, 1.54) is 12.8 Å². The van der Waals surface area contributed by atoms with Gasteiger partial charge in [0.25, 0.3) is 0 Å². The van der Waals surface area contributed by atoms with E-state index in [4.69, 9.17) is 5.11 Å². The highest BCUT2D eigenvalue weighted by atomic mass is 16.3. The van der Waals surface area contributed by atoms with E-state index < -0.39 is 0 Å². The molecule has 2 heteroatoms. The van der Waals surface area contributed by atoms with Crippen molar-refractivity contribution in [1.82, 2.24) is 5.32 Å². The Bertz CT molecular complexity index is 85.3. The summed E-state index contributed by atoms with van der Waals surface area (Å²) in [6.07, 6.45) is 3.65. The third-order valence-corrected chi connectivity index (χ3v) is 2.10. The summed E-state index contributed by atoms with van der Waals surface area (Å²) in [7, 11) is 0. The molecular weight excluding hydrogens is 126 g/mol. The predicted octanol–water partition coefficient (Wildman–Crippen LogP) is 0.757. The molecule has 1 aliphatic carbocycles. The van der Waals surface area contributed by atoms with Crippen molar-refractivity contribution in [2.45, 2.75) is 32.2 Å². The Labute approximate surface area is 62.6 Å². The summed E-state index contributed by atoms with van der Waals surface area (Å²) < 4.78 is 0. The SMILES string of the molecule is CCNC(CCO)C1CC1. The first-order valence-electron chi connectivity index (χ1n) is 4.22. The van der Waals surface area contributed by atoms with Crippen LogP contribution < -0.4 is 5.32 Å². The normalized spacial score (nSPS) is 21.0. The zero-order valence-corrected chi connectivity index (χ0v) is 6.64. The summed E-state index contributed by atoms with van der Waals surface area (Å²) in [5.74, 6) is 0.868. The van der Waals surface area contributed by atoms with E-state index in [1.54, 1.807) is 0 Å². The van der Waals surface area contributed by atoms with Gasteiger partial charge >= 0.3 is 0 Å². The molecule has 1 aliphatic rings. The van der Waals surface area contributed by atoms with Gasteiger partial charge in [0.15, 0.2) is 0 Å². The summed E-state index contributed by atoms with van der Waals surface area (Å²) >= 11 is 0. The lowest BCUT2D eigenvalue weighted by Crippen LogP contribution is -2.31. The molecule has 0 aliphatic heterocycles. The van der Waals surface area contributed by atoms with Crippen LogP contribution in [-0.2, 0) is 0 Å². The van der Waals surface area contributed by atoms with Gasteiger partial charge in [0.2, 0.25) is 0 Å². The van der Waals surface area contributed by atoms with Crippen LogP contribution in [0.1, 0.15) is 26.2 Å². The third kappa shape index (κ3) is 2.27. The maximum atomic E-state index is 8.70. The molecule has 0 aromatic heterocycles. The standard InChI is InChI=1S/C8H17NO/c1-2-9-8(5-6-10)7-3-4-7/h7-10H,2-6H2,1H3. The van der Waals surface area contributed by atoms with E-state index in [1.807, 2.05) is 0 Å². The summed E-state index contributed by atoms with van der Waals surface area (Å²) in [5.41, 5.74) is 0. The Morgan fingerprint density at radius 3 is 2.70 bits per heavy atom. The average molecular weight is 143 g/mol. The van der Waals surface area contributed by atoms with E-state index in [9.17, 15) is 0 Å². The van der Waals surface area contributed by atoms with E-state index >= 15 is 0 Å². The molecule has 0 heterocycles. The number of rotatable bonds is 5. The second kappa shape index (κ2) is 3.94. The van der Waals surface area contributed by atoms with Crippen molar-refractivity contribution < 1.29 is 5.11 Å². The van der Waals surface area contributed by atoms with Crippen molar-refractivity contribution in [3.05, 3.63) is 0 Å². The van der Waals surface area contributed by atoms with Gasteiger partial charge < -0.3 is 10.4 Å². The second-order valence-electron chi connectivity index (χ2n) is 3.01. The van der Waals surface area contributed by atoms with Gasteiger partial charge in [-0.15, -0.1) is 0 Å². The molecule has 1 rings (SSSR count). The summed E-state index contributed by atoms with van der Waals surface area (Å²) in [6, 6.07) is 0.593. The lowest BCUT2D eigenvalue weighted by molar-refractivity contribution is 0.257. The number of hydrogen-bond acceptors (Lipinski definition) is 2. The van der Waals surface area contributed by atoms with Crippen molar-refractivity contribution in [1.29, 1.82) is 0 Å². The van der Waals surface area contributed by atoms with Gasteiger partial charge in [-0.3, -0.25) is 0 Å². The molecule has 0 aromatic carbocycles. The van der Waals surface area contributed by atoms with Gasteiger partial charge in [-0.2, -0.15) is 0 Å². The minimum Gasteiger partial charge on any atom is -0.396 e. The molecule has 0 aromatic rings. The van der Waals surface area contributed by atoms with Crippen LogP contribution in [0, 0.1) is 5.92 Å². The van der Waals surface area contributed by atoms with Gasteiger partial charge in [-0.05, 0) is 31.7 Å². The Kier molecular flexibility index (Phi) is 3.16. The smallest absolute Gasteiger partial charge is 0.0445 e. The molecule has 2 N–H and O–H groups in total. The van der Waals surface area contributed by atoms with Crippen LogP contribution >= 0.6 is 0 Å². The monoisotopic (exact) mass is 143 g/mol. The van der Waals surface area contributed by atoms with Crippen molar-refractivity contribution in [3.63, 3.8) is 0 Å². The van der Waals surface area contributed by atoms with Crippen LogP contribution in [-0.4, -0.2) is 24.3 Å². The molecule has 60 valence electrons. The van der Waals surface area contributed by atoms with Crippen LogP contribution in [0.5, 0.6) is 0 Å². The highest BCUT2D eigenvalue weighted by Gasteiger charge is 2.29. The number of aliphatic hydroxyl groups excluding tert-OH is 1. The Morgan fingerprint density at radius 2 is 2.30 bits per heavy atom. The highest BCUT2D eigenvalue weighted by Crippen LogP contribution is 2.33. The molecule has 0 amide bonds. The summed E-state index contributed by atoms with van der Waals surface area (Å²) in [4.78, 5) is 0. The quantitative estimate of drug-likeness (QED) is 0.595. The van der Waals surface area contributed by atoms with Gasteiger partial charge in [0, 0.05) is 12.6 Å². The summed E-state index contributed by atoms with van der Waals surface area (Å²) in [5, 5.41) is 12.1. The maximum Gasteiger partial charge on any atom is 0.0445 e. The van der Waals surface area contributed by atoms with Gasteiger partial charge in [0.1, 0.15) is 0 Å². The van der Waals surface area contributed by atoms with E-state index in [-0.39, 0.29) is 0 Å². The zero-order valence-electron chi connectivity index (χ0n) is 6.64. The molecule has 1 saturated carbocycles. The third-order valence-electron chi connectivity index (χ3n) is 2.10. The van der Waals surface area contributed by atoms with Crippen molar-refractivity contribution in [2.24, 2.45) is 5.92 Å². The topological polar surface area (TPSA) is 32.3 Å². The van der Waals surface area contributed by atoms with Crippen LogP contribution in [0.4, 0.5) is 0 Å². The molecule has 0 bridgehead atoms. The van der Waals surface area contributed by atoms with Crippen molar-refractivity contribution >= 4 is 0 Å². The zero-order chi connectivity index (χ0) is 7.40. The molecule has 1 unspecified atom stereocenters. The molecule has 0 radical (unpaired) electrons. The fourth-order valence-electron chi connectivity index (χ4n) is 1.40. The lowest BCUT2D eigenvalue weighted by atomic mass is 10.1. The molecule has 0 spiro atoms. The minimum absolute atomic E-state index is 0.328. The first-order chi connectivity index (χ1) is 4.88. The fraction of sp³-hybridized carbons (Fsp3) is 1.00. The van der Waals surface area contributed by atoms with Crippen LogP contribution in [0.2, 0.25) is 0 Å². The number of hydrogen-bond donors (Lipinski definition) is 2. The van der Waals surface area contributed by atoms with E-state index in [0.717, 1.165) is 18.9 Å². The largest absolute Gasteiger partial charge is 0.396 e.